The number of carbonyl (C=O) groups is 1. The number of anilines is 2. The molecule has 0 aliphatic rings. The number of methoxy groups -OCH3 is 1. The van der Waals surface area contributed by atoms with Gasteiger partial charge in [-0.05, 0) is 24.3 Å². The molecule has 1 aromatic carbocycles. The van der Waals surface area contributed by atoms with E-state index in [9.17, 15) is 4.79 Å². The monoisotopic (exact) mass is 257 g/mol. The maximum Gasteiger partial charge on any atom is 0.255 e. The van der Waals surface area contributed by atoms with Gasteiger partial charge in [-0.3, -0.25) is 4.79 Å². The van der Waals surface area contributed by atoms with Gasteiger partial charge in [0.1, 0.15) is 11.6 Å². The Labute approximate surface area is 111 Å². The third-order valence-corrected chi connectivity index (χ3v) is 2.63. The van der Waals surface area contributed by atoms with E-state index >= 15 is 0 Å². The van der Waals surface area contributed by atoms with Crippen molar-refractivity contribution in [3.63, 3.8) is 0 Å². The Morgan fingerprint density at radius 1 is 1.26 bits per heavy atom. The predicted molar refractivity (Wildman–Crippen MR) is 74.7 cm³/mol. The molecule has 98 valence electrons. The molecule has 5 nitrogen and oxygen atoms in total. The highest BCUT2D eigenvalue weighted by molar-refractivity contribution is 6.05. The average Bonchev–Trinajstić information content (AvgIpc) is 2.47. The summed E-state index contributed by atoms with van der Waals surface area (Å²) in [6.45, 7) is 0. The largest absolute Gasteiger partial charge is 0.495 e. The standard InChI is InChI=1S/C14H15N3O2/c1-15-13-9-10(7-8-16-13)14(18)17-11-5-3-4-6-12(11)19-2/h3-9H,1-2H3,(H,15,16)(H,17,18). The molecule has 0 unspecified atom stereocenters. The summed E-state index contributed by atoms with van der Waals surface area (Å²) < 4.78 is 5.19. The van der Waals surface area contributed by atoms with Gasteiger partial charge in [0.2, 0.25) is 0 Å². The SMILES string of the molecule is CNc1cc(C(=O)Nc2ccccc2OC)ccn1. The minimum atomic E-state index is -0.205. The minimum Gasteiger partial charge on any atom is -0.495 e. The fourth-order valence-electron chi connectivity index (χ4n) is 1.65. The first-order chi connectivity index (χ1) is 9.24. The van der Waals surface area contributed by atoms with Crippen molar-refractivity contribution in [1.82, 2.24) is 4.98 Å². The number of carbonyl (C=O) groups excluding carboxylic acids is 1. The van der Waals surface area contributed by atoms with Crippen molar-refractivity contribution in [2.75, 3.05) is 24.8 Å². The Kier molecular flexibility index (Phi) is 3.97. The van der Waals surface area contributed by atoms with E-state index in [0.717, 1.165) is 0 Å². The van der Waals surface area contributed by atoms with Crippen LogP contribution in [0.5, 0.6) is 5.75 Å². The summed E-state index contributed by atoms with van der Waals surface area (Å²) in [6, 6.07) is 10.6. The van der Waals surface area contributed by atoms with Crippen molar-refractivity contribution in [3.05, 3.63) is 48.2 Å². The number of nitrogens with zero attached hydrogens (tertiary/aromatic N) is 1. The predicted octanol–water partition coefficient (Wildman–Crippen LogP) is 2.38. The second kappa shape index (κ2) is 5.86. The number of rotatable bonds is 4. The van der Waals surface area contributed by atoms with E-state index in [1.165, 1.54) is 0 Å². The Hall–Kier alpha value is -2.56. The lowest BCUT2D eigenvalue weighted by Gasteiger charge is -2.10. The lowest BCUT2D eigenvalue weighted by atomic mass is 10.2. The lowest BCUT2D eigenvalue weighted by molar-refractivity contribution is 0.102. The topological polar surface area (TPSA) is 63.2 Å². The highest BCUT2D eigenvalue weighted by Gasteiger charge is 2.09. The highest BCUT2D eigenvalue weighted by atomic mass is 16.5. The summed E-state index contributed by atoms with van der Waals surface area (Å²) in [5.41, 5.74) is 1.17. The van der Waals surface area contributed by atoms with E-state index in [4.69, 9.17) is 4.74 Å². The van der Waals surface area contributed by atoms with Crippen molar-refractivity contribution in [2.24, 2.45) is 0 Å². The van der Waals surface area contributed by atoms with Gasteiger partial charge in [0.05, 0.1) is 12.8 Å². The number of pyridine rings is 1. The van der Waals surface area contributed by atoms with Crippen LogP contribution in [0.4, 0.5) is 11.5 Å². The van der Waals surface area contributed by atoms with Gasteiger partial charge in [-0.15, -0.1) is 0 Å². The molecule has 0 atom stereocenters. The molecule has 0 saturated heterocycles. The van der Waals surface area contributed by atoms with Crippen LogP contribution in [-0.4, -0.2) is 25.0 Å². The summed E-state index contributed by atoms with van der Waals surface area (Å²) in [5.74, 6) is 1.06. The summed E-state index contributed by atoms with van der Waals surface area (Å²) in [5, 5.41) is 5.70. The van der Waals surface area contributed by atoms with Crippen LogP contribution in [0.3, 0.4) is 0 Å². The quantitative estimate of drug-likeness (QED) is 0.882. The summed E-state index contributed by atoms with van der Waals surface area (Å²) in [7, 11) is 3.32. The third kappa shape index (κ3) is 3.01. The molecule has 1 heterocycles. The molecule has 1 aromatic heterocycles. The molecule has 0 spiro atoms. The molecule has 5 heteroatoms. The number of nitrogens with one attached hydrogen (secondary N) is 2. The molecule has 0 bridgehead atoms. The van der Waals surface area contributed by atoms with Gasteiger partial charge in [0.25, 0.3) is 5.91 Å². The van der Waals surface area contributed by atoms with Crippen LogP contribution in [0.25, 0.3) is 0 Å². The number of ether oxygens (including phenoxy) is 1. The van der Waals surface area contributed by atoms with Crippen LogP contribution in [-0.2, 0) is 0 Å². The first kappa shape index (κ1) is 12.9. The Morgan fingerprint density at radius 2 is 2.05 bits per heavy atom. The van der Waals surface area contributed by atoms with E-state index in [2.05, 4.69) is 15.6 Å². The zero-order valence-electron chi connectivity index (χ0n) is 10.8. The summed E-state index contributed by atoms with van der Waals surface area (Å²) in [6.07, 6.45) is 1.59. The Balaban J connectivity index is 2.20. The minimum absolute atomic E-state index is 0.205. The first-order valence-corrected chi connectivity index (χ1v) is 5.83. The van der Waals surface area contributed by atoms with E-state index in [1.54, 1.807) is 44.6 Å². The molecule has 19 heavy (non-hydrogen) atoms. The van der Waals surface area contributed by atoms with Gasteiger partial charge in [-0.1, -0.05) is 12.1 Å². The number of amides is 1. The summed E-state index contributed by atoms with van der Waals surface area (Å²) >= 11 is 0. The normalized spacial score (nSPS) is 9.79. The Morgan fingerprint density at radius 3 is 2.79 bits per heavy atom. The van der Waals surface area contributed by atoms with Gasteiger partial charge in [0.15, 0.2) is 0 Å². The number of aromatic nitrogens is 1. The molecular formula is C14H15N3O2. The van der Waals surface area contributed by atoms with Crippen molar-refractivity contribution in [1.29, 1.82) is 0 Å². The van der Waals surface area contributed by atoms with Crippen molar-refractivity contribution in [3.8, 4) is 5.75 Å². The highest BCUT2D eigenvalue weighted by Crippen LogP contribution is 2.23. The van der Waals surface area contributed by atoms with Crippen LogP contribution in [0.15, 0.2) is 42.6 Å². The second-order valence-electron chi connectivity index (χ2n) is 3.83. The number of hydrogen-bond acceptors (Lipinski definition) is 4. The molecular weight excluding hydrogens is 242 g/mol. The van der Waals surface area contributed by atoms with Gasteiger partial charge < -0.3 is 15.4 Å². The van der Waals surface area contributed by atoms with E-state index in [-0.39, 0.29) is 5.91 Å². The zero-order valence-corrected chi connectivity index (χ0v) is 10.8. The van der Waals surface area contributed by atoms with Crippen molar-refractivity contribution < 1.29 is 9.53 Å². The molecule has 2 rings (SSSR count). The molecule has 0 aliphatic heterocycles. The van der Waals surface area contributed by atoms with Crippen LogP contribution < -0.4 is 15.4 Å². The first-order valence-electron chi connectivity index (χ1n) is 5.83. The van der Waals surface area contributed by atoms with Crippen molar-refractivity contribution >= 4 is 17.4 Å². The van der Waals surface area contributed by atoms with Crippen molar-refractivity contribution in [2.45, 2.75) is 0 Å². The fourth-order valence-corrected chi connectivity index (χ4v) is 1.65. The molecule has 0 saturated carbocycles. The number of benzene rings is 1. The van der Waals surface area contributed by atoms with Gasteiger partial charge in [-0.25, -0.2) is 4.98 Å². The van der Waals surface area contributed by atoms with Gasteiger partial charge >= 0.3 is 0 Å². The number of para-hydroxylation sites is 2. The molecule has 0 fully saturated rings. The molecule has 2 aromatic rings. The van der Waals surface area contributed by atoms with Gasteiger partial charge in [-0.2, -0.15) is 0 Å². The summed E-state index contributed by atoms with van der Waals surface area (Å²) in [4.78, 5) is 16.2. The molecule has 2 N–H and O–H groups in total. The van der Waals surface area contributed by atoms with Crippen LogP contribution in [0.2, 0.25) is 0 Å². The maximum absolute atomic E-state index is 12.1. The number of hydrogen-bond donors (Lipinski definition) is 2. The average molecular weight is 257 g/mol. The van der Waals surface area contributed by atoms with E-state index in [1.807, 2.05) is 12.1 Å². The van der Waals surface area contributed by atoms with E-state index in [0.29, 0.717) is 22.8 Å². The van der Waals surface area contributed by atoms with Crippen LogP contribution >= 0.6 is 0 Å². The smallest absolute Gasteiger partial charge is 0.255 e. The fraction of sp³-hybridized carbons (Fsp3) is 0.143. The molecule has 0 aliphatic carbocycles. The maximum atomic E-state index is 12.1. The Bertz CT molecular complexity index is 584. The van der Waals surface area contributed by atoms with Crippen LogP contribution in [0.1, 0.15) is 10.4 Å². The molecule has 1 amide bonds. The lowest BCUT2D eigenvalue weighted by Crippen LogP contribution is -2.13. The van der Waals surface area contributed by atoms with Crippen LogP contribution in [0, 0.1) is 0 Å². The third-order valence-electron chi connectivity index (χ3n) is 2.63. The second-order valence-corrected chi connectivity index (χ2v) is 3.83. The zero-order chi connectivity index (χ0) is 13.7. The molecule has 0 radical (unpaired) electrons. The van der Waals surface area contributed by atoms with Gasteiger partial charge in [0, 0.05) is 18.8 Å². The van der Waals surface area contributed by atoms with E-state index < -0.39 is 0 Å².